The van der Waals surface area contributed by atoms with Crippen molar-refractivity contribution in [2.24, 2.45) is 0 Å². The number of hydrogen-bond acceptors (Lipinski definition) is 12. The number of carboxylic acid groups (broad SMARTS) is 6. The zero-order valence-electron chi connectivity index (χ0n) is 56.3. The molecule has 0 aliphatic carbocycles. The van der Waals surface area contributed by atoms with Crippen molar-refractivity contribution in [2.45, 2.75) is 83.1 Å². The average molecular weight is 1410 g/mol. The van der Waals surface area contributed by atoms with Crippen LogP contribution >= 0.6 is 5.51 Å². The quantitative estimate of drug-likeness (QED) is 0.0206. The van der Waals surface area contributed by atoms with Crippen molar-refractivity contribution in [1.29, 1.82) is 0 Å². The molecule has 6 N–H and O–H groups in total. The van der Waals surface area contributed by atoms with Gasteiger partial charge in [-0.15, -0.1) is 0 Å². The van der Waals surface area contributed by atoms with Crippen molar-refractivity contribution in [3.63, 3.8) is 0 Å². The third-order valence-electron chi connectivity index (χ3n) is 16.8. The van der Waals surface area contributed by atoms with Crippen LogP contribution in [0.2, 0.25) is 0 Å². The van der Waals surface area contributed by atoms with Crippen molar-refractivity contribution in [3.05, 3.63) is 194 Å². The molecule has 9 rings (SSSR count). The van der Waals surface area contributed by atoms with Crippen LogP contribution in [0.15, 0.2) is 127 Å². The molecule has 9 aromatic rings. The van der Waals surface area contributed by atoms with Crippen molar-refractivity contribution in [2.75, 3.05) is 39.6 Å². The Bertz CT molecular complexity index is 3910. The van der Waals surface area contributed by atoms with E-state index in [1.807, 2.05) is 156 Å². The molecule has 0 aliphatic heterocycles. The number of rotatable bonds is 27. The Balaban J connectivity index is 1.50. The molecule has 20 heteroatoms. The molecule has 0 bridgehead atoms. The van der Waals surface area contributed by atoms with Gasteiger partial charge in [0, 0.05) is 0 Å². The van der Waals surface area contributed by atoms with E-state index in [-0.39, 0.29) is 0 Å². The Labute approximate surface area is 575 Å². The number of carbonyl (C=O) groups is 6. The van der Waals surface area contributed by atoms with Gasteiger partial charge in [0.1, 0.15) is 0 Å². The van der Waals surface area contributed by atoms with Gasteiger partial charge in [-0.2, -0.15) is 0 Å². The maximum absolute atomic E-state index is 11.8. The van der Waals surface area contributed by atoms with Crippen LogP contribution in [0.3, 0.4) is 0 Å². The summed E-state index contributed by atoms with van der Waals surface area (Å²) in [5.74, 6) is -4.62. The SMILES string of the molecule is Cc1cc(OCC(=O)O)cc(C)c1-c1cc(-c2c(C)cc(OCC(=O)O)cc2C)cc(P(=[Se])(c2cc(-c3c(C)cc(OCC(=O)O)cc3C)cc(-c3c(C)cc(OCC(=O)O)cc3C)c2)c2cc(-c3c(C)cc(OCC(=O)O)cc3C)cc(-c3c(C)cc(OCC(=O)O)cc3C)c2)c1. The third kappa shape index (κ3) is 16.3. The summed E-state index contributed by atoms with van der Waals surface area (Å²) in [7, 11) is 0. The monoisotopic (exact) mass is 1410 g/mol. The molecule has 0 aromatic heterocycles. The normalized spacial score (nSPS) is 11.2. The van der Waals surface area contributed by atoms with Crippen LogP contribution in [0.1, 0.15) is 66.8 Å². The summed E-state index contributed by atoms with van der Waals surface area (Å²) < 4.78 is 34.7. The fourth-order valence-corrected chi connectivity index (χ4v) is 18.1. The van der Waals surface area contributed by atoms with E-state index in [0.29, 0.717) is 34.5 Å². The molecule has 0 heterocycles. The molecule has 0 saturated heterocycles. The van der Waals surface area contributed by atoms with Gasteiger partial charge in [-0.05, 0) is 0 Å². The summed E-state index contributed by atoms with van der Waals surface area (Å²) in [5.41, 5.74) is 15.7. The molecule has 0 unspecified atom stereocenters. The minimum absolute atomic E-state index is 0.365. The second kappa shape index (κ2) is 29.9. The average Bonchev–Trinajstić information content (AvgIpc) is 0.729. The van der Waals surface area contributed by atoms with Crippen LogP contribution in [0.25, 0.3) is 66.8 Å². The maximum atomic E-state index is 11.8. The number of aliphatic carboxylic acids is 6. The van der Waals surface area contributed by atoms with Gasteiger partial charge in [0.2, 0.25) is 0 Å². The number of carboxylic acids is 6. The van der Waals surface area contributed by atoms with Gasteiger partial charge in [-0.3, -0.25) is 0 Å². The summed E-state index contributed by atoms with van der Waals surface area (Å²) in [6, 6.07) is 41.2. The van der Waals surface area contributed by atoms with Gasteiger partial charge in [-0.1, -0.05) is 0 Å². The molecule has 9 aromatic carbocycles. The fraction of sp³-hybridized carbons (Fsp3) is 0.231. The molecule has 0 saturated carbocycles. The van der Waals surface area contributed by atoms with Crippen LogP contribution in [-0.4, -0.2) is 121 Å². The van der Waals surface area contributed by atoms with E-state index in [9.17, 15) is 59.4 Å². The van der Waals surface area contributed by atoms with E-state index in [0.717, 1.165) is 149 Å². The van der Waals surface area contributed by atoms with E-state index in [2.05, 4.69) is 69.7 Å². The van der Waals surface area contributed by atoms with E-state index < -0.39 is 81.0 Å². The zero-order valence-corrected chi connectivity index (χ0v) is 58.9. The van der Waals surface area contributed by atoms with Gasteiger partial charge in [-0.25, -0.2) is 0 Å². The third-order valence-corrected chi connectivity index (χ3v) is 23.7. The molecule has 0 radical (unpaired) electrons. The van der Waals surface area contributed by atoms with E-state index >= 15 is 0 Å². The first-order valence-electron chi connectivity index (χ1n) is 31.1. The predicted octanol–water partition coefficient (Wildman–Crippen LogP) is 13.5. The van der Waals surface area contributed by atoms with Crippen LogP contribution in [0.5, 0.6) is 34.5 Å². The minimum atomic E-state index is -3.44. The number of benzene rings is 9. The van der Waals surface area contributed by atoms with E-state index in [4.69, 9.17) is 28.4 Å². The standard InChI is InChI=1S/C78H75O18PSe/c1-40-13-58(91-34-67(79)80)14-41(2)73(40)52-25-53(74-42(3)15-59(16-43(74)4)92-35-68(81)82)29-64(28-52)97(98,65-30-54(75-44(5)17-60(18-45(75)6)93-36-69(83)84)26-55(31-65)76-46(7)19-61(20-47(76)8)94-37-70(85)86)66-32-56(77-48(9)21-62(22-49(77)10)95-38-71(87)88)27-57(33-66)78-50(11)23-63(24-51(78)12)96-39-72(89)90/h13-33H,34-39H2,1-12H3,(H,79,80)(H,81,82)(H,83,84)(H,85,86)(H,87,88)(H,89,90). The number of ether oxygens (including phenoxy) is 6. The molecule has 0 fully saturated rings. The first-order chi connectivity index (χ1) is 46.3. The predicted molar refractivity (Wildman–Crippen MR) is 379 cm³/mol. The first-order valence-corrected chi connectivity index (χ1v) is 35.1. The molecule has 0 spiro atoms. The topological polar surface area (TPSA) is 279 Å². The summed E-state index contributed by atoms with van der Waals surface area (Å²) in [5, 5.41) is 60.5. The second-order valence-corrected chi connectivity index (χ2v) is 30.8. The summed E-state index contributed by atoms with van der Waals surface area (Å²) >= 11 is 3.96. The summed E-state index contributed by atoms with van der Waals surface area (Å²) in [4.78, 5) is 71.0. The molecule has 0 amide bonds. The van der Waals surface area contributed by atoms with Gasteiger partial charge >= 0.3 is 578 Å². The van der Waals surface area contributed by atoms with E-state index in [1.165, 1.54) is 0 Å². The summed E-state index contributed by atoms with van der Waals surface area (Å²) in [6.07, 6.45) is 0. The molecule has 98 heavy (non-hydrogen) atoms. The molecule has 506 valence electrons. The first kappa shape index (κ1) is 71.8. The fourth-order valence-electron chi connectivity index (χ4n) is 13.3. The van der Waals surface area contributed by atoms with Gasteiger partial charge in [0.15, 0.2) is 0 Å². The van der Waals surface area contributed by atoms with Crippen LogP contribution in [-0.2, 0) is 28.8 Å². The molecular weight excluding hydrogens is 1330 g/mol. The van der Waals surface area contributed by atoms with Crippen LogP contribution in [0, 0.1) is 83.1 Å². The Morgan fingerprint density at radius 2 is 0.367 bits per heavy atom. The Morgan fingerprint density at radius 3 is 0.480 bits per heavy atom. The number of aryl methyl sites for hydroxylation is 12. The number of hydrogen-bond donors (Lipinski definition) is 6. The molecule has 18 nitrogen and oxygen atoms in total. The van der Waals surface area contributed by atoms with Gasteiger partial charge in [0.25, 0.3) is 0 Å². The Morgan fingerprint density at radius 1 is 0.245 bits per heavy atom. The van der Waals surface area contributed by atoms with Crippen molar-refractivity contribution in [3.8, 4) is 101 Å². The summed E-state index contributed by atoms with van der Waals surface area (Å²) in [6.45, 7) is 19.9. The molecule has 0 atom stereocenters. The van der Waals surface area contributed by atoms with Crippen LogP contribution in [0.4, 0.5) is 0 Å². The van der Waals surface area contributed by atoms with Gasteiger partial charge < -0.3 is 0 Å². The molecular formula is C78H75O18PSe. The van der Waals surface area contributed by atoms with Crippen molar-refractivity contribution >= 4 is 72.3 Å². The zero-order chi connectivity index (χ0) is 71.4. The second-order valence-electron chi connectivity index (χ2n) is 24.6. The Hall–Kier alpha value is -10.5. The van der Waals surface area contributed by atoms with E-state index in [1.54, 1.807) is 0 Å². The van der Waals surface area contributed by atoms with Gasteiger partial charge in [0.05, 0.1) is 0 Å². The van der Waals surface area contributed by atoms with Crippen molar-refractivity contribution in [1.82, 2.24) is 0 Å². The Kier molecular flexibility index (Phi) is 21.9. The van der Waals surface area contributed by atoms with Crippen LogP contribution < -0.4 is 44.3 Å². The molecule has 0 aliphatic rings. The van der Waals surface area contributed by atoms with Crippen molar-refractivity contribution < 1.29 is 87.8 Å².